The Kier molecular flexibility index (Phi) is 4.20. The maximum atomic E-state index is 5.78. The van der Waals surface area contributed by atoms with Crippen LogP contribution in [0.2, 0.25) is 0 Å². The van der Waals surface area contributed by atoms with Gasteiger partial charge in [-0.15, -0.1) is 0 Å². The molecule has 0 saturated carbocycles. The van der Waals surface area contributed by atoms with Gasteiger partial charge in [0.15, 0.2) is 5.82 Å². The van der Waals surface area contributed by atoms with Gasteiger partial charge >= 0.3 is 0 Å². The van der Waals surface area contributed by atoms with E-state index in [0.29, 0.717) is 18.5 Å². The molecule has 5 heteroatoms. The number of rotatable bonds is 5. The molecule has 5 nitrogen and oxygen atoms in total. The maximum Gasteiger partial charge on any atom is 0.226 e. The van der Waals surface area contributed by atoms with Gasteiger partial charge in [0, 0.05) is 12.5 Å². The lowest BCUT2D eigenvalue weighted by Crippen LogP contribution is -2.21. The first-order valence-electron chi connectivity index (χ1n) is 7.46. The van der Waals surface area contributed by atoms with Gasteiger partial charge in [-0.25, -0.2) is 0 Å². The first kappa shape index (κ1) is 14.1. The Hall–Kier alpha value is -1.88. The van der Waals surface area contributed by atoms with Gasteiger partial charge in [-0.2, -0.15) is 4.98 Å². The minimum atomic E-state index is 0.180. The Bertz CT molecular complexity index is 597. The van der Waals surface area contributed by atoms with Crippen LogP contribution in [0.15, 0.2) is 28.8 Å². The summed E-state index contributed by atoms with van der Waals surface area (Å²) in [5.74, 6) is 2.63. The summed E-state index contributed by atoms with van der Waals surface area (Å²) in [5, 5.41) is 7.34. The lowest BCUT2D eigenvalue weighted by atomic mass is 9.96. The predicted molar refractivity (Wildman–Crippen MR) is 79.5 cm³/mol. The average Bonchev–Trinajstić information content (AvgIpc) is 3.01. The van der Waals surface area contributed by atoms with E-state index in [0.717, 1.165) is 30.8 Å². The molecule has 1 aromatic heterocycles. The van der Waals surface area contributed by atoms with E-state index in [1.54, 1.807) is 0 Å². The van der Waals surface area contributed by atoms with Crippen LogP contribution >= 0.6 is 0 Å². The van der Waals surface area contributed by atoms with Gasteiger partial charge in [-0.05, 0) is 38.4 Å². The van der Waals surface area contributed by atoms with E-state index in [2.05, 4.69) is 28.4 Å². The molecule has 0 spiro atoms. The number of ether oxygens (including phenoxy) is 1. The number of fused-ring (bicyclic) bond motifs is 1. The van der Waals surface area contributed by atoms with Crippen molar-refractivity contribution in [2.24, 2.45) is 0 Å². The fourth-order valence-corrected chi connectivity index (χ4v) is 2.51. The fourth-order valence-electron chi connectivity index (χ4n) is 2.51. The molecule has 21 heavy (non-hydrogen) atoms. The maximum absolute atomic E-state index is 5.78. The van der Waals surface area contributed by atoms with Gasteiger partial charge in [0.25, 0.3) is 0 Å². The summed E-state index contributed by atoms with van der Waals surface area (Å²) in [6.07, 6.45) is 2.70. The first-order chi connectivity index (χ1) is 10.3. The van der Waals surface area contributed by atoms with Crippen LogP contribution in [0.25, 0.3) is 0 Å². The molecular weight excluding hydrogens is 266 g/mol. The summed E-state index contributed by atoms with van der Waals surface area (Å²) in [7, 11) is 1.96. The standard InChI is InChI=1S/C16H21N3O2/c1-11(17-2)7-8-15-18-16(19-21-15)13-9-12-5-3-4-6-14(12)20-10-13/h3-6,11,13,17H,7-10H2,1-2H3. The van der Waals surface area contributed by atoms with Crippen LogP contribution in [0, 0.1) is 0 Å². The predicted octanol–water partition coefficient (Wildman–Crippen LogP) is 2.33. The topological polar surface area (TPSA) is 60.2 Å². The molecule has 1 aromatic carbocycles. The summed E-state index contributed by atoms with van der Waals surface area (Å²) < 4.78 is 11.1. The molecule has 1 N–H and O–H groups in total. The van der Waals surface area contributed by atoms with Crippen molar-refractivity contribution in [3.63, 3.8) is 0 Å². The van der Waals surface area contributed by atoms with Crippen molar-refractivity contribution in [2.75, 3.05) is 13.7 Å². The molecule has 0 amide bonds. The molecule has 0 bridgehead atoms. The smallest absolute Gasteiger partial charge is 0.226 e. The Balaban J connectivity index is 1.65. The minimum absolute atomic E-state index is 0.180. The third-order valence-electron chi connectivity index (χ3n) is 4.01. The van der Waals surface area contributed by atoms with Gasteiger partial charge < -0.3 is 14.6 Å². The van der Waals surface area contributed by atoms with E-state index in [1.165, 1.54) is 5.56 Å². The highest BCUT2D eigenvalue weighted by Crippen LogP contribution is 2.30. The molecule has 112 valence electrons. The third kappa shape index (κ3) is 3.24. The van der Waals surface area contributed by atoms with E-state index >= 15 is 0 Å². The lowest BCUT2D eigenvalue weighted by Gasteiger charge is -2.22. The summed E-state index contributed by atoms with van der Waals surface area (Å²) >= 11 is 0. The SMILES string of the molecule is CNC(C)CCc1nc(C2COc3ccccc3C2)no1. The summed E-state index contributed by atoms with van der Waals surface area (Å²) in [4.78, 5) is 4.53. The van der Waals surface area contributed by atoms with Crippen LogP contribution in [0.5, 0.6) is 5.75 Å². The van der Waals surface area contributed by atoms with Crippen molar-refractivity contribution in [1.29, 1.82) is 0 Å². The van der Waals surface area contributed by atoms with E-state index in [9.17, 15) is 0 Å². The molecular formula is C16H21N3O2. The van der Waals surface area contributed by atoms with Gasteiger partial charge in [-0.3, -0.25) is 0 Å². The van der Waals surface area contributed by atoms with Gasteiger partial charge in [0.05, 0.1) is 12.5 Å². The molecule has 2 atom stereocenters. The van der Waals surface area contributed by atoms with Crippen LogP contribution in [0.3, 0.4) is 0 Å². The number of aryl methyl sites for hydroxylation is 1. The zero-order valence-corrected chi connectivity index (χ0v) is 12.5. The lowest BCUT2D eigenvalue weighted by molar-refractivity contribution is 0.253. The second kappa shape index (κ2) is 6.26. The molecule has 3 rings (SSSR count). The Morgan fingerprint density at radius 1 is 1.38 bits per heavy atom. The summed E-state index contributed by atoms with van der Waals surface area (Å²) in [5.41, 5.74) is 1.21. The molecule has 0 aliphatic carbocycles. The summed E-state index contributed by atoms with van der Waals surface area (Å²) in [6, 6.07) is 8.58. The third-order valence-corrected chi connectivity index (χ3v) is 4.01. The molecule has 2 unspecified atom stereocenters. The fraction of sp³-hybridized carbons (Fsp3) is 0.500. The van der Waals surface area contributed by atoms with Gasteiger partial charge in [0.2, 0.25) is 5.89 Å². The zero-order chi connectivity index (χ0) is 14.7. The average molecular weight is 287 g/mol. The van der Waals surface area contributed by atoms with Crippen molar-refractivity contribution in [3.05, 3.63) is 41.5 Å². The second-order valence-corrected chi connectivity index (χ2v) is 5.59. The molecule has 2 heterocycles. The monoisotopic (exact) mass is 287 g/mol. The summed E-state index contributed by atoms with van der Waals surface area (Å²) in [6.45, 7) is 2.76. The number of nitrogens with one attached hydrogen (secondary N) is 1. The number of aromatic nitrogens is 2. The van der Waals surface area contributed by atoms with Gasteiger partial charge in [0.1, 0.15) is 5.75 Å². The van der Waals surface area contributed by atoms with E-state index in [1.807, 2.05) is 25.2 Å². The highest BCUT2D eigenvalue weighted by atomic mass is 16.5. The Labute approximate surface area is 124 Å². The van der Waals surface area contributed by atoms with Gasteiger partial charge in [-0.1, -0.05) is 23.4 Å². The van der Waals surface area contributed by atoms with Crippen LogP contribution in [-0.2, 0) is 12.8 Å². The highest BCUT2D eigenvalue weighted by molar-refractivity contribution is 5.36. The number of para-hydroxylation sites is 1. The number of hydrogen-bond donors (Lipinski definition) is 1. The quantitative estimate of drug-likeness (QED) is 0.914. The van der Waals surface area contributed by atoms with Crippen LogP contribution in [0.1, 0.15) is 36.5 Å². The van der Waals surface area contributed by atoms with Crippen molar-refractivity contribution in [1.82, 2.24) is 15.5 Å². The molecule has 0 saturated heterocycles. The van der Waals surface area contributed by atoms with Crippen LogP contribution in [-0.4, -0.2) is 29.8 Å². The van der Waals surface area contributed by atoms with E-state index in [4.69, 9.17) is 9.26 Å². The van der Waals surface area contributed by atoms with Crippen molar-refractivity contribution in [3.8, 4) is 5.75 Å². The molecule has 1 aliphatic heterocycles. The molecule has 0 fully saturated rings. The van der Waals surface area contributed by atoms with Crippen molar-refractivity contribution >= 4 is 0 Å². The number of nitrogens with zero attached hydrogens (tertiary/aromatic N) is 2. The Morgan fingerprint density at radius 2 is 2.24 bits per heavy atom. The van der Waals surface area contributed by atoms with Crippen LogP contribution in [0.4, 0.5) is 0 Å². The first-order valence-corrected chi connectivity index (χ1v) is 7.46. The number of hydrogen-bond acceptors (Lipinski definition) is 5. The normalized spacial score (nSPS) is 18.9. The zero-order valence-electron chi connectivity index (χ0n) is 12.5. The highest BCUT2D eigenvalue weighted by Gasteiger charge is 2.25. The minimum Gasteiger partial charge on any atom is -0.493 e. The van der Waals surface area contributed by atoms with E-state index < -0.39 is 0 Å². The molecule has 1 aliphatic rings. The second-order valence-electron chi connectivity index (χ2n) is 5.59. The number of benzene rings is 1. The molecule has 2 aromatic rings. The van der Waals surface area contributed by atoms with Crippen molar-refractivity contribution < 1.29 is 9.26 Å². The van der Waals surface area contributed by atoms with Crippen molar-refractivity contribution in [2.45, 2.75) is 38.1 Å². The Morgan fingerprint density at radius 3 is 3.10 bits per heavy atom. The molecule has 0 radical (unpaired) electrons. The van der Waals surface area contributed by atoms with Crippen LogP contribution < -0.4 is 10.1 Å². The largest absolute Gasteiger partial charge is 0.493 e. The van der Waals surface area contributed by atoms with E-state index in [-0.39, 0.29) is 5.92 Å².